The number of benzene rings is 1. The molecule has 0 bridgehead atoms. The van der Waals surface area contributed by atoms with Crippen LogP contribution in [0, 0.1) is 0 Å². The molecule has 1 fully saturated rings. The van der Waals surface area contributed by atoms with Crippen molar-refractivity contribution in [1.82, 2.24) is 5.32 Å². The molecule has 0 aliphatic carbocycles. The molecule has 0 spiro atoms. The number of hydrogen-bond donors (Lipinski definition) is 1. The van der Waals surface area contributed by atoms with E-state index in [1.54, 1.807) is 0 Å². The van der Waals surface area contributed by atoms with Crippen LogP contribution in [-0.2, 0) is 4.79 Å². The third-order valence-electron chi connectivity index (χ3n) is 2.37. The van der Waals surface area contributed by atoms with Gasteiger partial charge < -0.3 is 9.47 Å². The number of carbonyl (C=O) groups excluding carboxylic acids is 2. The molecule has 1 N–H and O–H groups in total. The first-order valence-corrected chi connectivity index (χ1v) is 6.65. The van der Waals surface area contributed by atoms with Gasteiger partial charge >= 0.3 is 12.7 Å². The molecule has 1 aromatic rings. The van der Waals surface area contributed by atoms with Crippen LogP contribution in [0.3, 0.4) is 0 Å². The van der Waals surface area contributed by atoms with Gasteiger partial charge in [-0.1, -0.05) is 0 Å². The van der Waals surface area contributed by atoms with E-state index in [0.29, 0.717) is 30.0 Å². The van der Waals surface area contributed by atoms with Crippen molar-refractivity contribution in [2.75, 3.05) is 0 Å². The minimum atomic E-state index is -5.11. The Morgan fingerprint density at radius 2 is 1.62 bits per heavy atom. The molecule has 24 heavy (non-hydrogen) atoms. The largest absolute Gasteiger partial charge is 0.573 e. The zero-order valence-corrected chi connectivity index (χ0v) is 11.9. The SMILES string of the molecule is O=C1NC(=O)C(=Cc2cc(OC(F)(F)F)ccc2OC(F)(F)F)S1. The molecule has 0 aromatic heterocycles. The van der Waals surface area contributed by atoms with E-state index in [1.807, 2.05) is 5.32 Å². The number of nitrogens with one attached hydrogen (secondary N) is 1. The molecule has 1 aliphatic heterocycles. The van der Waals surface area contributed by atoms with E-state index >= 15 is 0 Å². The highest BCUT2D eigenvalue weighted by molar-refractivity contribution is 8.18. The third kappa shape index (κ3) is 5.08. The molecule has 1 aliphatic rings. The van der Waals surface area contributed by atoms with E-state index < -0.39 is 40.9 Å². The summed E-state index contributed by atoms with van der Waals surface area (Å²) in [7, 11) is 0. The van der Waals surface area contributed by atoms with Crippen LogP contribution in [0.15, 0.2) is 23.1 Å². The Bertz CT molecular complexity index is 712. The monoisotopic (exact) mass is 373 g/mol. The molecule has 5 nitrogen and oxygen atoms in total. The molecule has 1 aromatic carbocycles. The number of alkyl halides is 6. The van der Waals surface area contributed by atoms with Crippen molar-refractivity contribution >= 4 is 29.0 Å². The predicted octanol–water partition coefficient (Wildman–Crippen LogP) is 3.81. The van der Waals surface area contributed by atoms with Gasteiger partial charge in [0.25, 0.3) is 11.1 Å². The smallest absolute Gasteiger partial charge is 0.406 e. The molecule has 0 saturated carbocycles. The zero-order valence-electron chi connectivity index (χ0n) is 11.1. The van der Waals surface area contributed by atoms with E-state index in [1.165, 1.54) is 0 Å². The average molecular weight is 373 g/mol. The van der Waals surface area contributed by atoms with Gasteiger partial charge in [0.05, 0.1) is 4.91 Å². The van der Waals surface area contributed by atoms with Gasteiger partial charge in [0.1, 0.15) is 11.5 Å². The summed E-state index contributed by atoms with van der Waals surface area (Å²) in [5.41, 5.74) is -0.526. The Balaban J connectivity index is 2.43. The molecule has 0 radical (unpaired) electrons. The van der Waals surface area contributed by atoms with Crippen molar-refractivity contribution in [3.05, 3.63) is 28.7 Å². The van der Waals surface area contributed by atoms with Crippen molar-refractivity contribution < 1.29 is 45.4 Å². The lowest BCUT2D eigenvalue weighted by Crippen LogP contribution is -2.19. The molecular formula is C12H5F6NO4S. The van der Waals surface area contributed by atoms with Crippen LogP contribution in [0.1, 0.15) is 5.56 Å². The van der Waals surface area contributed by atoms with Crippen molar-refractivity contribution in [1.29, 1.82) is 0 Å². The fraction of sp³-hybridized carbons (Fsp3) is 0.167. The maximum Gasteiger partial charge on any atom is 0.573 e. The van der Waals surface area contributed by atoms with E-state index in [-0.39, 0.29) is 4.91 Å². The number of imide groups is 1. The first-order chi connectivity index (χ1) is 10.9. The minimum Gasteiger partial charge on any atom is -0.406 e. The lowest BCUT2D eigenvalue weighted by Gasteiger charge is -2.14. The Morgan fingerprint density at radius 3 is 2.12 bits per heavy atom. The molecule has 0 unspecified atom stereocenters. The number of rotatable bonds is 3. The normalized spacial score (nSPS) is 17.2. The second kappa shape index (κ2) is 6.26. The summed E-state index contributed by atoms with van der Waals surface area (Å²) in [4.78, 5) is 22.1. The highest BCUT2D eigenvalue weighted by atomic mass is 32.2. The van der Waals surface area contributed by atoms with Crippen molar-refractivity contribution in [3.63, 3.8) is 0 Å². The second-order valence-electron chi connectivity index (χ2n) is 4.15. The summed E-state index contributed by atoms with van der Waals surface area (Å²) in [6.07, 6.45) is -9.39. The molecular weight excluding hydrogens is 368 g/mol. The quantitative estimate of drug-likeness (QED) is 0.645. The average Bonchev–Trinajstić information content (AvgIpc) is 2.67. The summed E-state index contributed by atoms with van der Waals surface area (Å²) < 4.78 is 80.9. The van der Waals surface area contributed by atoms with Gasteiger partial charge in [-0.15, -0.1) is 26.3 Å². The van der Waals surface area contributed by atoms with E-state index in [0.717, 1.165) is 6.08 Å². The van der Waals surface area contributed by atoms with Gasteiger partial charge in [-0.3, -0.25) is 14.9 Å². The van der Waals surface area contributed by atoms with E-state index in [2.05, 4.69) is 9.47 Å². The van der Waals surface area contributed by atoms with Gasteiger partial charge in [0, 0.05) is 5.56 Å². The van der Waals surface area contributed by atoms with Crippen LogP contribution in [0.4, 0.5) is 31.1 Å². The van der Waals surface area contributed by atoms with Gasteiger partial charge in [-0.25, -0.2) is 0 Å². The Hall–Kier alpha value is -2.37. The highest BCUT2D eigenvalue weighted by Gasteiger charge is 2.34. The minimum absolute atomic E-state index is 0.309. The molecule has 0 atom stereocenters. The lowest BCUT2D eigenvalue weighted by molar-refractivity contribution is -0.277. The lowest BCUT2D eigenvalue weighted by atomic mass is 10.1. The van der Waals surface area contributed by atoms with Crippen molar-refractivity contribution in [2.24, 2.45) is 0 Å². The fourth-order valence-corrected chi connectivity index (χ4v) is 2.29. The zero-order chi connectivity index (χ0) is 18.1. The molecule has 130 valence electrons. The van der Waals surface area contributed by atoms with Crippen LogP contribution in [0.2, 0.25) is 0 Å². The van der Waals surface area contributed by atoms with E-state index in [4.69, 9.17) is 0 Å². The van der Waals surface area contributed by atoms with Crippen LogP contribution in [0.5, 0.6) is 11.5 Å². The molecule has 2 rings (SSSR count). The van der Waals surface area contributed by atoms with Gasteiger partial charge in [-0.2, -0.15) is 0 Å². The third-order valence-corrected chi connectivity index (χ3v) is 3.18. The molecule has 1 heterocycles. The summed E-state index contributed by atoms with van der Waals surface area (Å²) in [5, 5.41) is 1.08. The van der Waals surface area contributed by atoms with Crippen LogP contribution in [-0.4, -0.2) is 23.9 Å². The number of ether oxygens (including phenoxy) is 2. The van der Waals surface area contributed by atoms with Gasteiger partial charge in [0.2, 0.25) is 0 Å². The summed E-state index contributed by atoms with van der Waals surface area (Å²) in [6, 6.07) is 1.81. The standard InChI is InChI=1S/C12H5F6NO4S/c13-11(14,15)22-6-1-2-7(23-12(16,17)18)5(3-6)4-8-9(20)19-10(21)24-8/h1-4H,(H,19,20,21). The molecule has 2 amide bonds. The van der Waals surface area contributed by atoms with Crippen LogP contribution < -0.4 is 14.8 Å². The maximum absolute atomic E-state index is 12.4. The Morgan fingerprint density at radius 1 is 1.00 bits per heavy atom. The van der Waals surface area contributed by atoms with Crippen LogP contribution >= 0.6 is 11.8 Å². The number of hydrogen-bond acceptors (Lipinski definition) is 5. The summed E-state index contributed by atoms with van der Waals surface area (Å²) in [5.74, 6) is -2.58. The van der Waals surface area contributed by atoms with Crippen molar-refractivity contribution in [2.45, 2.75) is 12.7 Å². The number of amides is 2. The fourth-order valence-electron chi connectivity index (χ4n) is 1.62. The second-order valence-corrected chi connectivity index (χ2v) is 5.16. The van der Waals surface area contributed by atoms with Gasteiger partial charge in [-0.05, 0) is 36.0 Å². The van der Waals surface area contributed by atoms with Gasteiger partial charge in [0.15, 0.2) is 0 Å². The number of carbonyl (C=O) groups is 2. The first kappa shape index (κ1) is 18.0. The first-order valence-electron chi connectivity index (χ1n) is 5.83. The topological polar surface area (TPSA) is 64.6 Å². The molecule has 12 heteroatoms. The highest BCUT2D eigenvalue weighted by Crippen LogP contribution is 2.35. The van der Waals surface area contributed by atoms with E-state index in [9.17, 15) is 35.9 Å². The number of thioether (sulfide) groups is 1. The van der Waals surface area contributed by atoms with Crippen LogP contribution in [0.25, 0.3) is 6.08 Å². The molecule has 1 saturated heterocycles. The van der Waals surface area contributed by atoms with Crippen molar-refractivity contribution in [3.8, 4) is 11.5 Å². The Kier molecular flexibility index (Phi) is 4.69. The number of halogens is 6. The summed E-state index contributed by atoms with van der Waals surface area (Å²) in [6.45, 7) is 0. The Labute approximate surface area is 133 Å². The maximum atomic E-state index is 12.4. The predicted molar refractivity (Wildman–Crippen MR) is 68.9 cm³/mol. The summed E-state index contributed by atoms with van der Waals surface area (Å²) >= 11 is 0.376.